The molecule has 2 rings (SSSR count). The van der Waals surface area contributed by atoms with Gasteiger partial charge in [0.2, 0.25) is 0 Å². The number of rotatable bonds is 5. The Kier molecular flexibility index (Phi) is 5.30. The third-order valence-corrected chi connectivity index (χ3v) is 3.67. The molecule has 0 bridgehead atoms. The molecule has 0 unspecified atom stereocenters. The van der Waals surface area contributed by atoms with Crippen LogP contribution in [-0.2, 0) is 4.79 Å². The zero-order chi connectivity index (χ0) is 17.1. The Hall–Kier alpha value is -2.02. The fourth-order valence-corrected chi connectivity index (χ4v) is 2.63. The van der Waals surface area contributed by atoms with Crippen molar-refractivity contribution in [2.45, 2.75) is 26.9 Å². The van der Waals surface area contributed by atoms with E-state index in [0.717, 1.165) is 10.5 Å². The molecular formula is C16H19BrN2O4. The maximum atomic E-state index is 11.9. The average molecular weight is 383 g/mol. The van der Waals surface area contributed by atoms with Crippen molar-refractivity contribution in [3.05, 3.63) is 27.9 Å². The first-order valence-corrected chi connectivity index (χ1v) is 8.06. The van der Waals surface area contributed by atoms with E-state index in [1.807, 2.05) is 26.8 Å². The molecule has 1 fully saturated rings. The van der Waals surface area contributed by atoms with Crippen LogP contribution in [-0.4, -0.2) is 36.6 Å². The molecule has 1 aromatic carbocycles. The summed E-state index contributed by atoms with van der Waals surface area (Å²) in [6.07, 6.45) is 1.61. The molecule has 1 aliphatic rings. The number of nitrogens with one attached hydrogen (secondary N) is 1. The molecule has 3 amide bonds. The summed E-state index contributed by atoms with van der Waals surface area (Å²) in [7, 11) is 1.43. The zero-order valence-corrected chi connectivity index (χ0v) is 15.1. The van der Waals surface area contributed by atoms with Gasteiger partial charge in [0.15, 0.2) is 11.5 Å². The first-order valence-electron chi connectivity index (χ1n) is 7.27. The molecule has 0 saturated carbocycles. The van der Waals surface area contributed by atoms with Gasteiger partial charge < -0.3 is 14.8 Å². The largest absolute Gasteiger partial charge is 0.490 e. The molecular weight excluding hydrogens is 364 g/mol. The summed E-state index contributed by atoms with van der Waals surface area (Å²) in [4.78, 5) is 24.5. The van der Waals surface area contributed by atoms with Crippen LogP contribution in [0.4, 0.5) is 4.79 Å². The average Bonchev–Trinajstić information content (AvgIpc) is 2.70. The third kappa shape index (κ3) is 3.85. The maximum absolute atomic E-state index is 11.9. The predicted octanol–water partition coefficient (Wildman–Crippen LogP) is 3.16. The van der Waals surface area contributed by atoms with Gasteiger partial charge in [-0.3, -0.25) is 9.69 Å². The summed E-state index contributed by atoms with van der Waals surface area (Å²) in [5.74, 6) is 0.821. The lowest BCUT2D eigenvalue weighted by molar-refractivity contribution is -0.121. The molecule has 6 nitrogen and oxygen atoms in total. The predicted molar refractivity (Wildman–Crippen MR) is 90.4 cm³/mol. The summed E-state index contributed by atoms with van der Waals surface area (Å²) in [5.41, 5.74) is 0.944. The van der Waals surface area contributed by atoms with Crippen LogP contribution in [0.3, 0.4) is 0 Å². The minimum atomic E-state index is -0.440. The zero-order valence-electron chi connectivity index (χ0n) is 13.5. The first-order chi connectivity index (χ1) is 10.8. The van der Waals surface area contributed by atoms with Crippen LogP contribution in [0, 0.1) is 0 Å². The Bertz CT molecular complexity index is 670. The topological polar surface area (TPSA) is 67.9 Å². The van der Waals surface area contributed by atoms with Gasteiger partial charge in [-0.2, -0.15) is 0 Å². The van der Waals surface area contributed by atoms with E-state index >= 15 is 0 Å². The summed E-state index contributed by atoms with van der Waals surface area (Å²) in [5, 5.41) is 2.53. The van der Waals surface area contributed by atoms with Gasteiger partial charge in [0, 0.05) is 7.05 Å². The van der Waals surface area contributed by atoms with Gasteiger partial charge in [-0.15, -0.1) is 0 Å². The van der Waals surface area contributed by atoms with Crippen LogP contribution in [0.15, 0.2) is 22.3 Å². The number of ether oxygens (including phenoxy) is 2. The number of carbonyl (C=O) groups excluding carboxylic acids is 2. The van der Waals surface area contributed by atoms with Gasteiger partial charge in [0.1, 0.15) is 5.70 Å². The highest BCUT2D eigenvalue weighted by atomic mass is 79.9. The number of halogens is 1. The van der Waals surface area contributed by atoms with E-state index in [2.05, 4.69) is 21.2 Å². The SMILES string of the molecule is CCOc1cc(/C=C2/NC(=O)N(C)C2=O)cc(Br)c1OC(C)C. The summed E-state index contributed by atoms with van der Waals surface area (Å²) in [6, 6.07) is 3.15. The van der Waals surface area contributed by atoms with Crippen LogP contribution >= 0.6 is 15.9 Å². The molecule has 0 atom stereocenters. The number of hydrogen-bond acceptors (Lipinski definition) is 4. The van der Waals surface area contributed by atoms with Gasteiger partial charge >= 0.3 is 6.03 Å². The number of nitrogens with zero attached hydrogens (tertiary/aromatic N) is 1. The molecule has 23 heavy (non-hydrogen) atoms. The van der Waals surface area contributed by atoms with Gasteiger partial charge in [-0.25, -0.2) is 4.79 Å². The van der Waals surface area contributed by atoms with E-state index in [4.69, 9.17) is 9.47 Å². The van der Waals surface area contributed by atoms with E-state index in [9.17, 15) is 9.59 Å². The highest BCUT2D eigenvalue weighted by Gasteiger charge is 2.30. The monoisotopic (exact) mass is 382 g/mol. The van der Waals surface area contributed by atoms with Crippen molar-refractivity contribution in [2.24, 2.45) is 0 Å². The van der Waals surface area contributed by atoms with Gasteiger partial charge in [0.05, 0.1) is 17.2 Å². The van der Waals surface area contributed by atoms with Crippen molar-refractivity contribution in [1.29, 1.82) is 0 Å². The summed E-state index contributed by atoms with van der Waals surface area (Å²) < 4.78 is 12.1. The lowest BCUT2D eigenvalue weighted by Gasteiger charge is -2.17. The van der Waals surface area contributed by atoms with Crippen LogP contribution in [0.5, 0.6) is 11.5 Å². The third-order valence-electron chi connectivity index (χ3n) is 3.08. The summed E-state index contributed by atoms with van der Waals surface area (Å²) in [6.45, 7) is 6.23. The van der Waals surface area contributed by atoms with Crippen LogP contribution in [0.1, 0.15) is 26.3 Å². The molecule has 1 N–H and O–H groups in total. The molecule has 1 aromatic rings. The van der Waals surface area contributed by atoms with E-state index in [1.54, 1.807) is 12.1 Å². The molecule has 0 aromatic heterocycles. The molecule has 1 aliphatic heterocycles. The molecule has 1 saturated heterocycles. The van der Waals surface area contributed by atoms with Crippen LogP contribution in [0.25, 0.3) is 6.08 Å². The first kappa shape index (κ1) is 17.3. The number of hydrogen-bond donors (Lipinski definition) is 1. The summed E-state index contributed by atoms with van der Waals surface area (Å²) >= 11 is 3.47. The molecule has 7 heteroatoms. The number of urea groups is 1. The van der Waals surface area contributed by atoms with E-state index in [1.165, 1.54) is 7.05 Å². The Balaban J connectivity index is 2.41. The highest BCUT2D eigenvalue weighted by Crippen LogP contribution is 2.38. The molecule has 0 spiro atoms. The lowest BCUT2D eigenvalue weighted by Crippen LogP contribution is -2.25. The van der Waals surface area contributed by atoms with Crippen molar-refractivity contribution in [2.75, 3.05) is 13.7 Å². The van der Waals surface area contributed by atoms with Crippen molar-refractivity contribution in [3.8, 4) is 11.5 Å². The highest BCUT2D eigenvalue weighted by molar-refractivity contribution is 9.10. The van der Waals surface area contributed by atoms with Crippen molar-refractivity contribution in [1.82, 2.24) is 10.2 Å². The molecule has 0 radical (unpaired) electrons. The van der Waals surface area contributed by atoms with Gasteiger partial charge in [-0.05, 0) is 60.5 Å². The smallest absolute Gasteiger partial charge is 0.328 e. The Morgan fingerprint density at radius 2 is 2.04 bits per heavy atom. The van der Waals surface area contributed by atoms with E-state index in [-0.39, 0.29) is 17.7 Å². The number of likely N-dealkylation sites (N-methyl/N-ethyl adjacent to an activating group) is 1. The fraction of sp³-hybridized carbons (Fsp3) is 0.375. The van der Waals surface area contributed by atoms with Crippen molar-refractivity contribution >= 4 is 33.9 Å². The van der Waals surface area contributed by atoms with Crippen LogP contribution in [0.2, 0.25) is 0 Å². The van der Waals surface area contributed by atoms with Crippen molar-refractivity contribution < 1.29 is 19.1 Å². The quantitative estimate of drug-likeness (QED) is 0.627. The number of carbonyl (C=O) groups is 2. The van der Waals surface area contributed by atoms with E-state index < -0.39 is 6.03 Å². The lowest BCUT2D eigenvalue weighted by atomic mass is 10.1. The molecule has 124 valence electrons. The van der Waals surface area contributed by atoms with Gasteiger partial charge in [0.25, 0.3) is 5.91 Å². The van der Waals surface area contributed by atoms with E-state index in [0.29, 0.717) is 22.6 Å². The normalized spacial score (nSPS) is 16.3. The molecule has 1 heterocycles. The minimum absolute atomic E-state index is 0.000872. The van der Waals surface area contributed by atoms with Crippen molar-refractivity contribution in [3.63, 3.8) is 0 Å². The fourth-order valence-electron chi connectivity index (χ4n) is 2.07. The molecule has 0 aliphatic carbocycles. The Labute approximate surface area is 143 Å². The Morgan fingerprint density at radius 1 is 1.35 bits per heavy atom. The second-order valence-electron chi connectivity index (χ2n) is 5.28. The van der Waals surface area contributed by atoms with Crippen LogP contribution < -0.4 is 14.8 Å². The second-order valence-corrected chi connectivity index (χ2v) is 6.14. The van der Waals surface area contributed by atoms with Gasteiger partial charge in [-0.1, -0.05) is 0 Å². The minimum Gasteiger partial charge on any atom is -0.490 e. The number of imide groups is 1. The Morgan fingerprint density at radius 3 is 2.57 bits per heavy atom. The number of amides is 3. The second kappa shape index (κ2) is 7.04. The maximum Gasteiger partial charge on any atom is 0.328 e. The number of benzene rings is 1. The standard InChI is InChI=1S/C16H19BrN2O4/c1-5-22-13-8-10(6-11(17)14(13)23-9(2)3)7-12-15(20)19(4)16(21)18-12/h6-9H,5H2,1-4H3,(H,18,21)/b12-7+.